The summed E-state index contributed by atoms with van der Waals surface area (Å²) in [6.07, 6.45) is 1.34. The van der Waals surface area contributed by atoms with Crippen LogP contribution in [0.1, 0.15) is 55.9 Å². The van der Waals surface area contributed by atoms with Crippen molar-refractivity contribution in [2.75, 3.05) is 10.6 Å². The van der Waals surface area contributed by atoms with E-state index in [1.165, 1.54) is 0 Å². The molecule has 52 heavy (non-hydrogen) atoms. The molecule has 2 aromatic carbocycles. The number of alkyl carbamates (subject to hydrolysis) is 1. The number of amides is 3. The normalized spacial score (nSPS) is 18.5. The fraction of sp³-hybridized carbons (Fsp3) is 0.359. The van der Waals surface area contributed by atoms with E-state index >= 15 is 0 Å². The number of anilines is 2. The minimum atomic E-state index is -1.04. The molecule has 276 valence electrons. The maximum atomic E-state index is 13.0. The van der Waals surface area contributed by atoms with Gasteiger partial charge in [0.2, 0.25) is 11.8 Å². The topological polar surface area (TPSA) is 148 Å². The Morgan fingerprint density at radius 1 is 0.750 bits per heavy atom. The van der Waals surface area contributed by atoms with Crippen LogP contribution in [0, 0.1) is 25.7 Å². The van der Waals surface area contributed by atoms with E-state index in [0.717, 1.165) is 44.5 Å². The van der Waals surface area contributed by atoms with E-state index in [1.807, 2.05) is 77.1 Å². The van der Waals surface area contributed by atoms with Crippen LogP contribution in [0.4, 0.5) is 25.2 Å². The molecule has 3 amide bonds. The van der Waals surface area contributed by atoms with Gasteiger partial charge in [-0.25, -0.2) is 23.5 Å². The number of nitrogens with two attached hydrogens (primary N) is 1. The van der Waals surface area contributed by atoms with Gasteiger partial charge in [0, 0.05) is 25.5 Å². The maximum Gasteiger partial charge on any atom is 0.407 e. The van der Waals surface area contributed by atoms with Crippen molar-refractivity contribution in [1.82, 2.24) is 15.3 Å². The van der Waals surface area contributed by atoms with E-state index < -0.39 is 35.9 Å². The Hall–Kier alpha value is -4.94. The molecule has 6 rings (SSSR count). The van der Waals surface area contributed by atoms with Crippen molar-refractivity contribution in [1.29, 1.82) is 0 Å². The molecule has 2 fully saturated rings. The van der Waals surface area contributed by atoms with Gasteiger partial charge in [0.15, 0.2) is 0 Å². The van der Waals surface area contributed by atoms with Gasteiger partial charge in [-0.1, -0.05) is 36.4 Å². The van der Waals surface area contributed by atoms with Crippen molar-refractivity contribution in [3.8, 4) is 22.3 Å². The van der Waals surface area contributed by atoms with E-state index in [2.05, 4.69) is 32.0 Å². The third kappa shape index (κ3) is 11.0. The molecule has 4 aromatic rings. The van der Waals surface area contributed by atoms with Gasteiger partial charge in [-0.15, -0.1) is 12.4 Å². The van der Waals surface area contributed by atoms with Crippen molar-refractivity contribution in [2.45, 2.75) is 78.5 Å². The summed E-state index contributed by atoms with van der Waals surface area (Å²) in [5, 5.41) is 8.10. The zero-order chi connectivity index (χ0) is 36.9. The van der Waals surface area contributed by atoms with E-state index in [9.17, 15) is 23.2 Å². The first kappa shape index (κ1) is 39.8. The molecule has 5 N–H and O–H groups in total. The van der Waals surface area contributed by atoms with Crippen LogP contribution in [0.2, 0.25) is 0 Å². The molecular formula is C39H45ClF2N6O4. The molecule has 0 aliphatic heterocycles. The summed E-state index contributed by atoms with van der Waals surface area (Å²) in [5.74, 6) is -0.855. The van der Waals surface area contributed by atoms with Gasteiger partial charge >= 0.3 is 6.09 Å². The molecule has 2 aromatic heterocycles. The number of carbonyl (C=O) groups is 3. The lowest BCUT2D eigenvalue weighted by molar-refractivity contribution is -0.118. The molecule has 2 heterocycles. The molecule has 10 nitrogen and oxygen atoms in total. The monoisotopic (exact) mass is 734 g/mol. The lowest BCUT2D eigenvalue weighted by atomic mass is 10.0. The molecule has 2 saturated carbocycles. The highest BCUT2D eigenvalue weighted by Gasteiger charge is 2.44. The number of hydrogen-bond acceptors (Lipinski definition) is 7. The number of aromatic nitrogens is 2. The van der Waals surface area contributed by atoms with Crippen LogP contribution in [-0.2, 0) is 27.4 Å². The number of pyridine rings is 2. The molecule has 2 aliphatic rings. The summed E-state index contributed by atoms with van der Waals surface area (Å²) >= 11 is 0. The van der Waals surface area contributed by atoms with Gasteiger partial charge in [0.1, 0.15) is 29.6 Å². The number of nitrogens with one attached hydrogen (secondary N) is 3. The number of benzene rings is 2. The van der Waals surface area contributed by atoms with E-state index in [1.54, 1.807) is 24.5 Å². The Morgan fingerprint density at radius 3 is 1.56 bits per heavy atom. The average molecular weight is 735 g/mol. The maximum absolute atomic E-state index is 13.0. The Labute approximate surface area is 308 Å². The van der Waals surface area contributed by atoms with Crippen molar-refractivity contribution < 1.29 is 27.9 Å². The molecule has 2 aliphatic carbocycles. The zero-order valence-electron chi connectivity index (χ0n) is 29.8. The number of halogens is 3. The van der Waals surface area contributed by atoms with Gasteiger partial charge in [-0.05, 0) is 116 Å². The summed E-state index contributed by atoms with van der Waals surface area (Å²) < 4.78 is 31.2. The number of nitrogens with zero attached hydrogens (tertiary/aromatic N) is 2. The number of hydrogen-bond donors (Lipinski definition) is 4. The smallest absolute Gasteiger partial charge is 0.407 e. The van der Waals surface area contributed by atoms with Gasteiger partial charge in [-0.3, -0.25) is 9.59 Å². The minimum absolute atomic E-state index is 0. The molecule has 4 atom stereocenters. The quantitative estimate of drug-likeness (QED) is 0.138. The molecule has 13 heteroatoms. The summed E-state index contributed by atoms with van der Waals surface area (Å²) in [5.41, 5.74) is 13.2. The standard InChI is InChI=1S/C22H26FN3O3.C17H18FN3O.ClH/c1-13-9-14(5-6-16(13)12-25-21(28)29-22(2,3)4)15-7-8-24-19(10-15)26-20(27)17-11-18(17)23;1-10-6-11(2-3-13(10)9-19)12-4-5-20-16(7-12)21-17(22)14-8-15(14)18;/h5-10,17-18H,11-12H2,1-4H3,(H,25,28)(H,24,26,27);2-7,14-15H,8-9,19H2,1H3,(H,20,21,22);1H/t17-,18+;14-,15+;/m11./s1. The van der Waals surface area contributed by atoms with Gasteiger partial charge in [-0.2, -0.15) is 0 Å². The fourth-order valence-electron chi connectivity index (χ4n) is 5.33. The Morgan fingerprint density at radius 2 is 1.17 bits per heavy atom. The molecule has 0 saturated heterocycles. The number of ether oxygens (including phenoxy) is 1. The first-order valence-electron chi connectivity index (χ1n) is 16.9. The number of alkyl halides is 2. The number of aryl methyl sites for hydroxylation is 2. The largest absolute Gasteiger partial charge is 0.444 e. The summed E-state index contributed by atoms with van der Waals surface area (Å²) in [7, 11) is 0. The van der Waals surface area contributed by atoms with Gasteiger partial charge in [0.25, 0.3) is 0 Å². The van der Waals surface area contributed by atoms with Crippen LogP contribution >= 0.6 is 12.4 Å². The summed E-state index contributed by atoms with van der Waals surface area (Å²) in [6, 6.07) is 19.2. The Bertz CT molecular complexity index is 1920. The van der Waals surface area contributed by atoms with Crippen LogP contribution in [0.25, 0.3) is 22.3 Å². The minimum Gasteiger partial charge on any atom is -0.444 e. The van der Waals surface area contributed by atoms with Crippen molar-refractivity contribution in [3.63, 3.8) is 0 Å². The molecule has 0 radical (unpaired) electrons. The van der Waals surface area contributed by atoms with Crippen molar-refractivity contribution in [2.24, 2.45) is 17.6 Å². The van der Waals surface area contributed by atoms with E-state index in [-0.39, 0.29) is 30.6 Å². The predicted molar refractivity (Wildman–Crippen MR) is 200 cm³/mol. The highest BCUT2D eigenvalue weighted by molar-refractivity contribution is 5.95. The third-order valence-corrected chi connectivity index (χ3v) is 8.51. The highest BCUT2D eigenvalue weighted by atomic mass is 35.5. The molecular weight excluding hydrogens is 690 g/mol. The van der Waals surface area contributed by atoms with Crippen molar-refractivity contribution >= 4 is 42.0 Å². The number of rotatable bonds is 9. The van der Waals surface area contributed by atoms with E-state index in [0.29, 0.717) is 31.1 Å². The first-order valence-corrected chi connectivity index (χ1v) is 16.9. The Kier molecular flexibility index (Phi) is 13.1. The predicted octanol–water partition coefficient (Wildman–Crippen LogP) is 7.61. The fourth-order valence-corrected chi connectivity index (χ4v) is 5.33. The molecule has 0 unspecified atom stereocenters. The third-order valence-electron chi connectivity index (χ3n) is 8.51. The van der Waals surface area contributed by atoms with Gasteiger partial charge in [0.05, 0.1) is 11.8 Å². The molecule has 0 bridgehead atoms. The average Bonchev–Trinajstić information content (AvgIpc) is 4.01. The van der Waals surface area contributed by atoms with Crippen LogP contribution in [0.15, 0.2) is 73.1 Å². The highest BCUT2D eigenvalue weighted by Crippen LogP contribution is 2.36. The second-order valence-electron chi connectivity index (χ2n) is 13.9. The second kappa shape index (κ2) is 17.1. The van der Waals surface area contributed by atoms with Crippen LogP contribution in [0.5, 0.6) is 0 Å². The Balaban J connectivity index is 0.000000236. The lowest BCUT2D eigenvalue weighted by Gasteiger charge is -2.20. The van der Waals surface area contributed by atoms with E-state index in [4.69, 9.17) is 10.5 Å². The SMILES string of the molecule is Cc1cc(-c2ccnc(NC(=O)[C@@H]3C[C@@H]3F)c2)ccc1CN.Cc1cc(-c2ccnc(NC(=O)[C@@H]3C[C@@H]3F)c2)ccc1CNC(=O)OC(C)(C)C.Cl. The van der Waals surface area contributed by atoms with Crippen LogP contribution in [-0.4, -0.2) is 45.8 Å². The number of carbonyl (C=O) groups excluding carboxylic acids is 3. The van der Waals surface area contributed by atoms with Crippen LogP contribution < -0.4 is 21.7 Å². The zero-order valence-corrected chi connectivity index (χ0v) is 30.7. The molecule has 0 spiro atoms. The van der Waals surface area contributed by atoms with Gasteiger partial charge < -0.3 is 26.4 Å². The van der Waals surface area contributed by atoms with Crippen LogP contribution in [0.3, 0.4) is 0 Å². The second-order valence-corrected chi connectivity index (χ2v) is 13.9. The summed E-state index contributed by atoms with van der Waals surface area (Å²) in [6.45, 7) is 10.3. The summed E-state index contributed by atoms with van der Waals surface area (Å²) in [4.78, 5) is 43.8. The first-order chi connectivity index (χ1) is 24.2. The van der Waals surface area contributed by atoms with Crippen molar-refractivity contribution in [3.05, 3.63) is 95.3 Å². The lowest BCUT2D eigenvalue weighted by Crippen LogP contribution is -2.32.